The van der Waals surface area contributed by atoms with Crippen LogP contribution in [0.15, 0.2) is 48.7 Å². The lowest BCUT2D eigenvalue weighted by molar-refractivity contribution is -0.384. The second kappa shape index (κ2) is 4.93. The number of rotatable bonds is 3. The molecule has 6 nitrogen and oxygen atoms in total. The van der Waals surface area contributed by atoms with Gasteiger partial charge in [-0.2, -0.15) is 0 Å². The van der Waals surface area contributed by atoms with Crippen molar-refractivity contribution in [1.29, 1.82) is 0 Å². The fraction of sp³-hybridized carbons (Fsp3) is 0. The highest BCUT2D eigenvalue weighted by atomic mass is 16.6. The van der Waals surface area contributed by atoms with E-state index in [2.05, 4.69) is 10.2 Å². The molecule has 0 fully saturated rings. The topological polar surface area (TPSA) is 73.3 Å². The fourth-order valence-electron chi connectivity index (χ4n) is 1.89. The number of nitro benzene ring substituents is 1. The molecule has 98 valence electrons. The molecule has 0 aliphatic carbocycles. The summed E-state index contributed by atoms with van der Waals surface area (Å²) in [5.74, 6) is 0.673. The number of nitro groups is 1. The van der Waals surface area contributed by atoms with Crippen molar-refractivity contribution in [3.8, 4) is 0 Å². The average Bonchev–Trinajstić information content (AvgIpc) is 2.89. The standard InChI is InChI=1S/C14H10N4O2/c19-18(20)12-5-3-4-11(10-12)7-8-14-16-15-13-6-1-2-9-17(13)14/h1-10H/b8-7+. The number of benzene rings is 1. The molecule has 1 aromatic carbocycles. The molecule has 3 aromatic rings. The molecule has 0 aliphatic rings. The molecule has 2 aromatic heterocycles. The third-order valence-electron chi connectivity index (χ3n) is 2.85. The van der Waals surface area contributed by atoms with E-state index in [1.54, 1.807) is 24.3 Å². The normalized spacial score (nSPS) is 11.2. The van der Waals surface area contributed by atoms with E-state index in [-0.39, 0.29) is 5.69 Å². The van der Waals surface area contributed by atoms with E-state index in [0.29, 0.717) is 5.82 Å². The van der Waals surface area contributed by atoms with Gasteiger partial charge in [-0.25, -0.2) is 0 Å². The molecule has 0 bridgehead atoms. The van der Waals surface area contributed by atoms with Crippen molar-refractivity contribution in [2.75, 3.05) is 0 Å². The molecule has 0 aliphatic heterocycles. The van der Waals surface area contributed by atoms with Crippen molar-refractivity contribution in [1.82, 2.24) is 14.6 Å². The van der Waals surface area contributed by atoms with Crippen LogP contribution in [0.3, 0.4) is 0 Å². The molecular formula is C14H10N4O2. The van der Waals surface area contributed by atoms with Crippen molar-refractivity contribution in [3.05, 3.63) is 70.2 Å². The van der Waals surface area contributed by atoms with Gasteiger partial charge in [0.2, 0.25) is 0 Å². The predicted molar refractivity (Wildman–Crippen MR) is 75.0 cm³/mol. The second-order valence-corrected chi connectivity index (χ2v) is 4.17. The highest BCUT2D eigenvalue weighted by Gasteiger charge is 2.04. The van der Waals surface area contributed by atoms with Crippen LogP contribution in [0, 0.1) is 10.1 Å². The minimum atomic E-state index is -0.413. The number of hydrogen-bond donors (Lipinski definition) is 0. The molecule has 0 radical (unpaired) electrons. The summed E-state index contributed by atoms with van der Waals surface area (Å²) in [5.41, 5.74) is 1.57. The van der Waals surface area contributed by atoms with Crippen LogP contribution < -0.4 is 0 Å². The first-order chi connectivity index (χ1) is 9.74. The lowest BCUT2D eigenvalue weighted by Gasteiger charge is -1.95. The van der Waals surface area contributed by atoms with E-state index in [4.69, 9.17) is 0 Å². The Morgan fingerprint density at radius 1 is 1.10 bits per heavy atom. The summed E-state index contributed by atoms with van der Waals surface area (Å²) in [5, 5.41) is 18.8. The predicted octanol–water partition coefficient (Wildman–Crippen LogP) is 2.81. The van der Waals surface area contributed by atoms with Gasteiger partial charge in [0, 0.05) is 18.3 Å². The summed E-state index contributed by atoms with van der Waals surface area (Å²) in [4.78, 5) is 10.3. The monoisotopic (exact) mass is 266 g/mol. The van der Waals surface area contributed by atoms with Crippen LogP contribution in [-0.4, -0.2) is 19.5 Å². The SMILES string of the molecule is O=[N+]([O-])c1cccc(/C=C/c2nnc3ccccn23)c1. The number of hydrogen-bond acceptors (Lipinski definition) is 4. The third-order valence-corrected chi connectivity index (χ3v) is 2.85. The largest absolute Gasteiger partial charge is 0.283 e. The molecule has 2 heterocycles. The summed E-state index contributed by atoms with van der Waals surface area (Å²) in [7, 11) is 0. The summed E-state index contributed by atoms with van der Waals surface area (Å²) in [6, 6.07) is 12.1. The van der Waals surface area contributed by atoms with E-state index in [0.717, 1.165) is 11.2 Å². The van der Waals surface area contributed by atoms with Crippen molar-refractivity contribution < 1.29 is 4.92 Å². The molecule has 3 rings (SSSR count). The molecule has 0 saturated carbocycles. The minimum Gasteiger partial charge on any atom is -0.283 e. The lowest BCUT2D eigenvalue weighted by Crippen LogP contribution is -1.88. The van der Waals surface area contributed by atoms with Crippen LogP contribution in [0.4, 0.5) is 5.69 Å². The smallest absolute Gasteiger partial charge is 0.270 e. The fourth-order valence-corrected chi connectivity index (χ4v) is 1.89. The summed E-state index contributed by atoms with van der Waals surface area (Å²) < 4.78 is 1.84. The van der Waals surface area contributed by atoms with Crippen molar-refractivity contribution in [3.63, 3.8) is 0 Å². The summed E-state index contributed by atoms with van der Waals surface area (Å²) >= 11 is 0. The van der Waals surface area contributed by atoms with Gasteiger partial charge in [-0.1, -0.05) is 24.3 Å². The van der Waals surface area contributed by atoms with Gasteiger partial charge in [0.1, 0.15) is 0 Å². The maximum atomic E-state index is 10.7. The van der Waals surface area contributed by atoms with Gasteiger partial charge < -0.3 is 0 Å². The Morgan fingerprint density at radius 3 is 2.85 bits per heavy atom. The summed E-state index contributed by atoms with van der Waals surface area (Å²) in [6.45, 7) is 0. The second-order valence-electron chi connectivity index (χ2n) is 4.17. The Labute approximate surface area is 114 Å². The summed E-state index contributed by atoms with van der Waals surface area (Å²) in [6.07, 6.45) is 5.41. The zero-order chi connectivity index (χ0) is 13.9. The molecule has 0 atom stereocenters. The van der Waals surface area contributed by atoms with E-state index >= 15 is 0 Å². The Morgan fingerprint density at radius 2 is 2.00 bits per heavy atom. The van der Waals surface area contributed by atoms with E-state index < -0.39 is 4.92 Å². The highest BCUT2D eigenvalue weighted by molar-refractivity contribution is 5.68. The first kappa shape index (κ1) is 12.0. The van der Waals surface area contributed by atoms with Crippen molar-refractivity contribution in [2.24, 2.45) is 0 Å². The number of nitrogens with zero attached hydrogens (tertiary/aromatic N) is 4. The first-order valence-electron chi connectivity index (χ1n) is 5.96. The van der Waals surface area contributed by atoms with Crippen LogP contribution in [0.2, 0.25) is 0 Å². The lowest BCUT2D eigenvalue weighted by atomic mass is 10.2. The van der Waals surface area contributed by atoms with E-state index in [1.165, 1.54) is 12.1 Å². The highest BCUT2D eigenvalue weighted by Crippen LogP contribution is 2.15. The van der Waals surface area contributed by atoms with Crippen LogP contribution in [0.25, 0.3) is 17.8 Å². The zero-order valence-electron chi connectivity index (χ0n) is 10.4. The minimum absolute atomic E-state index is 0.0678. The Kier molecular flexibility index (Phi) is 2.96. The number of fused-ring (bicyclic) bond motifs is 1. The average molecular weight is 266 g/mol. The number of non-ortho nitro benzene ring substituents is 1. The van der Waals surface area contributed by atoms with Crippen LogP contribution >= 0.6 is 0 Å². The molecule has 0 saturated heterocycles. The van der Waals surface area contributed by atoms with Crippen molar-refractivity contribution in [2.45, 2.75) is 0 Å². The Hall–Kier alpha value is -3.02. The number of aromatic nitrogens is 3. The van der Waals surface area contributed by atoms with Gasteiger partial charge in [-0.15, -0.1) is 10.2 Å². The van der Waals surface area contributed by atoms with Crippen LogP contribution in [-0.2, 0) is 0 Å². The Bertz CT molecular complexity index is 808. The quantitative estimate of drug-likeness (QED) is 0.539. The zero-order valence-corrected chi connectivity index (χ0v) is 10.4. The van der Waals surface area contributed by atoms with Gasteiger partial charge in [-0.05, 0) is 23.8 Å². The molecule has 6 heteroatoms. The molecule has 0 amide bonds. The molecule has 0 N–H and O–H groups in total. The van der Waals surface area contributed by atoms with Gasteiger partial charge in [-0.3, -0.25) is 14.5 Å². The van der Waals surface area contributed by atoms with Crippen LogP contribution in [0.5, 0.6) is 0 Å². The molecular weight excluding hydrogens is 256 g/mol. The maximum absolute atomic E-state index is 10.7. The van der Waals surface area contributed by atoms with Crippen LogP contribution in [0.1, 0.15) is 11.4 Å². The maximum Gasteiger partial charge on any atom is 0.270 e. The van der Waals surface area contributed by atoms with Gasteiger partial charge in [0.15, 0.2) is 11.5 Å². The van der Waals surface area contributed by atoms with Crippen molar-refractivity contribution >= 4 is 23.5 Å². The third kappa shape index (κ3) is 2.26. The van der Waals surface area contributed by atoms with E-state index in [1.807, 2.05) is 28.8 Å². The molecule has 20 heavy (non-hydrogen) atoms. The van der Waals surface area contributed by atoms with Gasteiger partial charge in [0.05, 0.1) is 4.92 Å². The Balaban J connectivity index is 1.94. The molecule has 0 unspecified atom stereocenters. The first-order valence-corrected chi connectivity index (χ1v) is 5.96. The van der Waals surface area contributed by atoms with Gasteiger partial charge >= 0.3 is 0 Å². The van der Waals surface area contributed by atoms with E-state index in [9.17, 15) is 10.1 Å². The van der Waals surface area contributed by atoms with Gasteiger partial charge in [0.25, 0.3) is 5.69 Å². The number of pyridine rings is 1. The molecule has 0 spiro atoms.